The quantitative estimate of drug-likeness (QED) is 0.908. The molecule has 0 aliphatic heterocycles. The van der Waals surface area contributed by atoms with Crippen LogP contribution < -0.4 is 10.1 Å². The van der Waals surface area contributed by atoms with Gasteiger partial charge in [0.05, 0.1) is 17.8 Å². The Morgan fingerprint density at radius 1 is 1.47 bits per heavy atom. The van der Waals surface area contributed by atoms with Gasteiger partial charge in [-0.1, -0.05) is 11.6 Å². The molecule has 0 saturated carbocycles. The van der Waals surface area contributed by atoms with Crippen LogP contribution in [0.5, 0.6) is 5.75 Å². The third-order valence-corrected chi connectivity index (χ3v) is 2.68. The minimum absolute atomic E-state index is 0.584. The summed E-state index contributed by atoms with van der Waals surface area (Å²) in [5, 5.41) is 3.76. The van der Waals surface area contributed by atoms with Gasteiger partial charge in [-0.3, -0.25) is 4.57 Å². The zero-order chi connectivity index (χ0) is 12.3. The van der Waals surface area contributed by atoms with Crippen molar-refractivity contribution in [1.29, 1.82) is 0 Å². The molecule has 2 aromatic rings. The summed E-state index contributed by atoms with van der Waals surface area (Å²) in [5.74, 6) is 1.47. The number of nitrogens with one attached hydrogen (secondary N) is 1. The van der Waals surface area contributed by atoms with E-state index < -0.39 is 0 Å². The Hall–Kier alpha value is -1.68. The van der Waals surface area contributed by atoms with E-state index in [1.165, 1.54) is 0 Å². The first kappa shape index (κ1) is 11.8. The van der Waals surface area contributed by atoms with Crippen molar-refractivity contribution in [3.8, 4) is 11.4 Å². The van der Waals surface area contributed by atoms with E-state index in [-0.39, 0.29) is 0 Å². The number of halogens is 1. The van der Waals surface area contributed by atoms with Gasteiger partial charge in [-0.15, -0.1) is 0 Å². The van der Waals surface area contributed by atoms with Gasteiger partial charge >= 0.3 is 0 Å². The standard InChI is InChI=1S/C12H14ClN3O/c1-3-14-12-15-6-7-16(12)9-4-5-11(17-2)10(13)8-9/h4-8H,3H2,1-2H3,(H,14,15). The molecule has 1 N–H and O–H groups in total. The second kappa shape index (κ2) is 5.10. The molecule has 0 atom stereocenters. The summed E-state index contributed by atoms with van der Waals surface area (Å²) in [7, 11) is 1.60. The first-order chi connectivity index (χ1) is 8.26. The molecule has 4 nitrogen and oxygen atoms in total. The summed E-state index contributed by atoms with van der Waals surface area (Å²) in [6.07, 6.45) is 3.63. The van der Waals surface area contributed by atoms with Gasteiger partial charge in [0.15, 0.2) is 0 Å². The second-order valence-corrected chi connectivity index (χ2v) is 3.88. The van der Waals surface area contributed by atoms with Crippen molar-refractivity contribution in [3.05, 3.63) is 35.6 Å². The minimum atomic E-state index is 0.584. The summed E-state index contributed by atoms with van der Waals surface area (Å²) in [6.45, 7) is 2.85. The van der Waals surface area contributed by atoms with Gasteiger partial charge in [0.2, 0.25) is 5.95 Å². The van der Waals surface area contributed by atoms with Crippen LogP contribution in [-0.4, -0.2) is 23.2 Å². The van der Waals surface area contributed by atoms with Crippen LogP contribution in [0, 0.1) is 0 Å². The number of benzene rings is 1. The molecule has 90 valence electrons. The lowest BCUT2D eigenvalue weighted by Crippen LogP contribution is -2.04. The lowest BCUT2D eigenvalue weighted by Gasteiger charge is -2.10. The van der Waals surface area contributed by atoms with Gasteiger partial charge in [0.25, 0.3) is 0 Å². The smallest absolute Gasteiger partial charge is 0.207 e. The third-order valence-electron chi connectivity index (χ3n) is 2.39. The van der Waals surface area contributed by atoms with E-state index in [1.54, 1.807) is 13.3 Å². The fourth-order valence-electron chi connectivity index (χ4n) is 1.61. The molecule has 0 saturated heterocycles. The highest BCUT2D eigenvalue weighted by Crippen LogP contribution is 2.27. The largest absolute Gasteiger partial charge is 0.495 e. The highest BCUT2D eigenvalue weighted by Gasteiger charge is 2.06. The fraction of sp³-hybridized carbons (Fsp3) is 0.250. The number of methoxy groups -OCH3 is 1. The Morgan fingerprint density at radius 3 is 2.94 bits per heavy atom. The summed E-state index contributed by atoms with van der Waals surface area (Å²) in [5.41, 5.74) is 0.948. The van der Waals surface area contributed by atoms with Crippen LogP contribution in [0.3, 0.4) is 0 Å². The van der Waals surface area contributed by atoms with Crippen LogP contribution in [0.25, 0.3) is 5.69 Å². The van der Waals surface area contributed by atoms with Gasteiger partial charge in [0, 0.05) is 18.9 Å². The zero-order valence-electron chi connectivity index (χ0n) is 9.77. The molecule has 0 spiro atoms. The minimum Gasteiger partial charge on any atom is -0.495 e. The fourth-order valence-corrected chi connectivity index (χ4v) is 1.86. The average Bonchev–Trinajstić information content (AvgIpc) is 2.78. The number of imidazole rings is 1. The zero-order valence-corrected chi connectivity index (χ0v) is 10.5. The Balaban J connectivity index is 2.39. The third kappa shape index (κ3) is 2.36. The first-order valence-electron chi connectivity index (χ1n) is 5.37. The van der Waals surface area contributed by atoms with Gasteiger partial charge in [-0.2, -0.15) is 0 Å². The molecule has 1 aromatic heterocycles. The number of anilines is 1. The molecule has 1 heterocycles. The van der Waals surface area contributed by atoms with Crippen molar-refractivity contribution in [2.45, 2.75) is 6.92 Å². The van der Waals surface area contributed by atoms with E-state index in [9.17, 15) is 0 Å². The van der Waals surface area contributed by atoms with E-state index in [2.05, 4.69) is 10.3 Å². The van der Waals surface area contributed by atoms with Crippen molar-refractivity contribution in [3.63, 3.8) is 0 Å². The van der Waals surface area contributed by atoms with Crippen LogP contribution in [-0.2, 0) is 0 Å². The number of rotatable bonds is 4. The molecule has 17 heavy (non-hydrogen) atoms. The Kier molecular flexibility index (Phi) is 3.54. The monoisotopic (exact) mass is 251 g/mol. The molecule has 5 heteroatoms. The van der Waals surface area contributed by atoms with Crippen molar-refractivity contribution < 1.29 is 4.74 Å². The van der Waals surface area contributed by atoms with Crippen LogP contribution in [0.15, 0.2) is 30.6 Å². The van der Waals surface area contributed by atoms with Gasteiger partial charge in [-0.25, -0.2) is 4.98 Å². The van der Waals surface area contributed by atoms with E-state index in [0.717, 1.165) is 18.2 Å². The van der Waals surface area contributed by atoms with E-state index in [0.29, 0.717) is 10.8 Å². The Bertz CT molecular complexity index is 510. The van der Waals surface area contributed by atoms with Crippen molar-refractivity contribution in [1.82, 2.24) is 9.55 Å². The molecule has 0 fully saturated rings. The maximum absolute atomic E-state index is 6.10. The van der Waals surface area contributed by atoms with Crippen molar-refractivity contribution in [2.75, 3.05) is 19.0 Å². The van der Waals surface area contributed by atoms with Gasteiger partial charge in [-0.05, 0) is 25.1 Å². The van der Waals surface area contributed by atoms with E-state index >= 15 is 0 Å². The summed E-state index contributed by atoms with van der Waals surface area (Å²) in [4.78, 5) is 4.23. The molecule has 2 rings (SSSR count). The maximum Gasteiger partial charge on any atom is 0.207 e. The molecule has 0 bridgehead atoms. The second-order valence-electron chi connectivity index (χ2n) is 3.47. The van der Waals surface area contributed by atoms with Crippen molar-refractivity contribution in [2.24, 2.45) is 0 Å². The molecule has 0 aliphatic carbocycles. The molecular formula is C12H14ClN3O. The predicted octanol–water partition coefficient (Wildman–Crippen LogP) is 2.97. The number of ether oxygens (including phenoxy) is 1. The maximum atomic E-state index is 6.10. The van der Waals surface area contributed by atoms with Crippen LogP contribution >= 0.6 is 11.6 Å². The highest BCUT2D eigenvalue weighted by atomic mass is 35.5. The molecule has 0 aliphatic rings. The summed E-state index contributed by atoms with van der Waals surface area (Å²) < 4.78 is 7.06. The van der Waals surface area contributed by atoms with Crippen LogP contribution in [0.1, 0.15) is 6.92 Å². The Labute approximate surface area is 105 Å². The topological polar surface area (TPSA) is 39.1 Å². The lowest BCUT2D eigenvalue weighted by molar-refractivity contribution is 0.415. The van der Waals surface area contributed by atoms with Crippen LogP contribution in [0.2, 0.25) is 5.02 Å². The van der Waals surface area contributed by atoms with Crippen LogP contribution in [0.4, 0.5) is 5.95 Å². The predicted molar refractivity (Wildman–Crippen MR) is 69.3 cm³/mol. The number of aromatic nitrogens is 2. The summed E-state index contributed by atoms with van der Waals surface area (Å²) in [6, 6.07) is 5.63. The van der Waals surface area contributed by atoms with Crippen molar-refractivity contribution >= 4 is 17.5 Å². The number of hydrogen-bond donors (Lipinski definition) is 1. The van der Waals surface area contributed by atoms with E-state index in [4.69, 9.17) is 16.3 Å². The van der Waals surface area contributed by atoms with Gasteiger partial charge in [0.1, 0.15) is 5.75 Å². The SMILES string of the molecule is CCNc1nccn1-c1ccc(OC)c(Cl)c1. The highest BCUT2D eigenvalue weighted by molar-refractivity contribution is 6.32. The normalized spacial score (nSPS) is 10.3. The number of hydrogen-bond acceptors (Lipinski definition) is 3. The molecule has 0 unspecified atom stereocenters. The molecule has 1 aromatic carbocycles. The Morgan fingerprint density at radius 2 is 2.29 bits per heavy atom. The van der Waals surface area contributed by atoms with E-state index in [1.807, 2.05) is 35.9 Å². The average molecular weight is 252 g/mol. The molecule has 0 amide bonds. The lowest BCUT2D eigenvalue weighted by atomic mass is 10.3. The summed E-state index contributed by atoms with van der Waals surface area (Å²) >= 11 is 6.10. The molecular weight excluding hydrogens is 238 g/mol. The molecule has 0 radical (unpaired) electrons. The first-order valence-corrected chi connectivity index (χ1v) is 5.75. The number of nitrogens with zero attached hydrogens (tertiary/aromatic N) is 2. The van der Waals surface area contributed by atoms with Gasteiger partial charge < -0.3 is 10.1 Å².